The summed E-state index contributed by atoms with van der Waals surface area (Å²) in [5.41, 5.74) is 1.81. The predicted molar refractivity (Wildman–Crippen MR) is 110 cm³/mol. The Morgan fingerprint density at radius 3 is 2.46 bits per heavy atom. The number of hydrogen-bond acceptors (Lipinski definition) is 4. The first-order valence-electron chi connectivity index (χ1n) is 9.06. The Bertz CT molecular complexity index is 946. The lowest BCUT2D eigenvalue weighted by Crippen LogP contribution is -2.40. The monoisotopic (exact) mass is 398 g/mol. The molecule has 0 aliphatic heterocycles. The third-order valence-corrected chi connectivity index (χ3v) is 4.97. The van der Waals surface area contributed by atoms with Crippen molar-refractivity contribution >= 4 is 23.3 Å². The first-order chi connectivity index (χ1) is 13.3. The van der Waals surface area contributed by atoms with E-state index in [0.29, 0.717) is 22.4 Å². The predicted octanol–water partition coefficient (Wildman–Crippen LogP) is 5.25. The number of ether oxygens (including phenoxy) is 1. The molecule has 0 spiro atoms. The van der Waals surface area contributed by atoms with Crippen LogP contribution in [0.5, 0.6) is 5.75 Å². The molecule has 1 unspecified atom stereocenters. The molecular weight excluding hydrogens is 376 g/mol. The molecule has 146 valence electrons. The molecule has 0 saturated carbocycles. The summed E-state index contributed by atoms with van der Waals surface area (Å²) >= 11 is 6.22. The van der Waals surface area contributed by atoms with Gasteiger partial charge in [-0.05, 0) is 75.2 Å². The zero-order chi connectivity index (χ0) is 20.3. The molecule has 5 nitrogen and oxygen atoms in total. The molecular formula is C22H23ClN2O3. The van der Waals surface area contributed by atoms with Gasteiger partial charge in [-0.15, -0.1) is 0 Å². The number of aromatic nitrogens is 1. The van der Waals surface area contributed by atoms with Gasteiger partial charge in [0.2, 0.25) is 0 Å². The number of anilines is 1. The average molecular weight is 399 g/mol. The Balaban J connectivity index is 1.83. The van der Waals surface area contributed by atoms with Crippen LogP contribution in [0.25, 0.3) is 0 Å². The quantitative estimate of drug-likeness (QED) is 0.568. The van der Waals surface area contributed by atoms with Gasteiger partial charge in [0.25, 0.3) is 5.91 Å². The van der Waals surface area contributed by atoms with Crippen LogP contribution in [0.15, 0.2) is 53.1 Å². The number of carbonyl (C=O) groups is 1. The topological polar surface area (TPSA) is 55.6 Å². The number of rotatable bonds is 6. The van der Waals surface area contributed by atoms with Crippen molar-refractivity contribution in [2.75, 3.05) is 4.90 Å². The fourth-order valence-corrected chi connectivity index (χ4v) is 3.07. The zero-order valence-corrected chi connectivity index (χ0v) is 17.2. The second kappa shape index (κ2) is 8.48. The third-order valence-electron chi connectivity index (χ3n) is 4.37. The minimum absolute atomic E-state index is 0.210. The number of hydrogen-bond donors (Lipinski definition) is 0. The number of pyridine rings is 1. The summed E-state index contributed by atoms with van der Waals surface area (Å²) in [5, 5.41) is 0.703. The van der Waals surface area contributed by atoms with Crippen molar-refractivity contribution in [3.63, 3.8) is 0 Å². The van der Waals surface area contributed by atoms with Gasteiger partial charge in [-0.2, -0.15) is 0 Å². The van der Waals surface area contributed by atoms with Crippen molar-refractivity contribution in [2.45, 2.75) is 40.3 Å². The van der Waals surface area contributed by atoms with Gasteiger partial charge in [0.05, 0.1) is 6.54 Å². The van der Waals surface area contributed by atoms with Crippen molar-refractivity contribution < 1.29 is 13.9 Å². The molecule has 0 aliphatic rings. The van der Waals surface area contributed by atoms with Crippen LogP contribution in [0.4, 0.5) is 5.82 Å². The molecule has 3 rings (SSSR count). The molecule has 1 amide bonds. The van der Waals surface area contributed by atoms with E-state index in [1.807, 2.05) is 57.2 Å². The second-order valence-electron chi connectivity index (χ2n) is 6.76. The van der Waals surface area contributed by atoms with E-state index in [9.17, 15) is 4.79 Å². The number of benzene rings is 1. The first kappa shape index (κ1) is 20.0. The molecule has 0 aliphatic carbocycles. The highest BCUT2D eigenvalue weighted by Crippen LogP contribution is 2.27. The molecule has 0 bridgehead atoms. The fourth-order valence-electron chi connectivity index (χ4n) is 2.96. The van der Waals surface area contributed by atoms with Crippen LogP contribution in [0.3, 0.4) is 0 Å². The van der Waals surface area contributed by atoms with E-state index in [1.54, 1.807) is 24.1 Å². The molecule has 6 heteroatoms. The Kier molecular flexibility index (Phi) is 6.05. The number of carbonyl (C=O) groups excluding carboxylic acids is 1. The van der Waals surface area contributed by atoms with Gasteiger partial charge in [0.15, 0.2) is 6.10 Å². The van der Waals surface area contributed by atoms with E-state index in [1.165, 1.54) is 0 Å². The number of furan rings is 1. The molecule has 1 aromatic carbocycles. The molecule has 2 heterocycles. The summed E-state index contributed by atoms with van der Waals surface area (Å²) in [7, 11) is 0. The van der Waals surface area contributed by atoms with E-state index < -0.39 is 6.10 Å². The smallest absolute Gasteiger partial charge is 0.269 e. The lowest BCUT2D eigenvalue weighted by molar-refractivity contribution is -0.124. The van der Waals surface area contributed by atoms with Gasteiger partial charge >= 0.3 is 0 Å². The van der Waals surface area contributed by atoms with Crippen LogP contribution in [-0.2, 0) is 11.3 Å². The van der Waals surface area contributed by atoms with Gasteiger partial charge in [-0.3, -0.25) is 9.69 Å². The van der Waals surface area contributed by atoms with Crippen molar-refractivity contribution in [2.24, 2.45) is 0 Å². The molecule has 0 fully saturated rings. The number of aryl methyl sites for hydroxylation is 3. The van der Waals surface area contributed by atoms with Crippen LogP contribution < -0.4 is 9.64 Å². The van der Waals surface area contributed by atoms with Crippen LogP contribution >= 0.6 is 11.6 Å². The summed E-state index contributed by atoms with van der Waals surface area (Å²) in [5.74, 6) is 2.41. The van der Waals surface area contributed by atoms with E-state index in [0.717, 1.165) is 16.9 Å². The average Bonchev–Trinajstić information content (AvgIpc) is 3.09. The Labute approximate surface area is 169 Å². The minimum Gasteiger partial charge on any atom is -0.481 e. The zero-order valence-electron chi connectivity index (χ0n) is 16.4. The van der Waals surface area contributed by atoms with E-state index in [-0.39, 0.29) is 12.5 Å². The lowest BCUT2D eigenvalue weighted by atomic mass is 10.1. The van der Waals surface area contributed by atoms with Crippen molar-refractivity contribution in [1.29, 1.82) is 0 Å². The van der Waals surface area contributed by atoms with Crippen LogP contribution in [0.2, 0.25) is 5.02 Å². The first-order valence-corrected chi connectivity index (χ1v) is 9.44. The fraction of sp³-hybridized carbons (Fsp3) is 0.273. The van der Waals surface area contributed by atoms with E-state index in [2.05, 4.69) is 4.98 Å². The van der Waals surface area contributed by atoms with Crippen LogP contribution in [-0.4, -0.2) is 17.0 Å². The Morgan fingerprint density at radius 1 is 1.18 bits per heavy atom. The molecule has 0 radical (unpaired) electrons. The van der Waals surface area contributed by atoms with Gasteiger partial charge in [-0.25, -0.2) is 4.98 Å². The van der Waals surface area contributed by atoms with Crippen molar-refractivity contribution in [3.8, 4) is 5.75 Å². The number of nitrogens with zero attached hydrogens (tertiary/aromatic N) is 2. The Hall–Kier alpha value is -2.79. The summed E-state index contributed by atoms with van der Waals surface area (Å²) < 4.78 is 11.6. The maximum atomic E-state index is 13.2. The molecule has 0 N–H and O–H groups in total. The molecule has 3 aromatic rings. The van der Waals surface area contributed by atoms with Crippen LogP contribution in [0.1, 0.15) is 29.6 Å². The van der Waals surface area contributed by atoms with Crippen molar-refractivity contribution in [3.05, 3.63) is 76.3 Å². The highest BCUT2D eigenvalue weighted by molar-refractivity contribution is 6.32. The highest BCUT2D eigenvalue weighted by atomic mass is 35.5. The SMILES string of the molecule is Cc1ccc(CN(C(=O)C(C)Oc2cc(C)c(Cl)c(C)c2)c2ccccn2)o1. The molecule has 1 atom stereocenters. The van der Waals surface area contributed by atoms with E-state index >= 15 is 0 Å². The summed E-state index contributed by atoms with van der Waals surface area (Å²) in [6.07, 6.45) is 0.943. The summed E-state index contributed by atoms with van der Waals surface area (Å²) in [6.45, 7) is 7.69. The van der Waals surface area contributed by atoms with Crippen molar-refractivity contribution in [1.82, 2.24) is 4.98 Å². The lowest BCUT2D eigenvalue weighted by Gasteiger charge is -2.25. The van der Waals surface area contributed by atoms with Gasteiger partial charge in [-0.1, -0.05) is 17.7 Å². The molecule has 28 heavy (non-hydrogen) atoms. The maximum Gasteiger partial charge on any atom is 0.269 e. The normalized spacial score (nSPS) is 11.9. The summed E-state index contributed by atoms with van der Waals surface area (Å²) in [6, 6.07) is 12.8. The maximum absolute atomic E-state index is 13.2. The largest absolute Gasteiger partial charge is 0.481 e. The number of halogens is 1. The molecule has 2 aromatic heterocycles. The third kappa shape index (κ3) is 4.54. The standard InChI is InChI=1S/C22H23ClN2O3/c1-14-11-19(12-15(2)21(14)23)28-17(4)22(26)25(20-7-5-6-10-24-20)13-18-9-8-16(3)27-18/h5-12,17H,13H2,1-4H3. The molecule has 0 saturated heterocycles. The Morgan fingerprint density at radius 2 is 1.89 bits per heavy atom. The van der Waals surface area contributed by atoms with Gasteiger partial charge in [0, 0.05) is 11.2 Å². The van der Waals surface area contributed by atoms with Crippen LogP contribution in [0, 0.1) is 20.8 Å². The van der Waals surface area contributed by atoms with Gasteiger partial charge < -0.3 is 9.15 Å². The second-order valence-corrected chi connectivity index (χ2v) is 7.13. The van der Waals surface area contributed by atoms with E-state index in [4.69, 9.17) is 20.8 Å². The number of amides is 1. The summed E-state index contributed by atoms with van der Waals surface area (Å²) in [4.78, 5) is 19.1. The minimum atomic E-state index is -0.710. The highest BCUT2D eigenvalue weighted by Gasteiger charge is 2.26. The van der Waals surface area contributed by atoms with Gasteiger partial charge in [0.1, 0.15) is 23.1 Å².